The third-order valence-electron chi connectivity index (χ3n) is 5.32. The maximum absolute atomic E-state index is 13.1. The summed E-state index contributed by atoms with van der Waals surface area (Å²) in [6.07, 6.45) is 3.89. The number of aromatic nitrogens is 2. The van der Waals surface area contributed by atoms with Gasteiger partial charge in [-0.15, -0.1) is 6.58 Å². The molecule has 1 aromatic heterocycles. The summed E-state index contributed by atoms with van der Waals surface area (Å²) in [5.74, 6) is 0.912. The molecule has 7 heteroatoms. The molecule has 1 aliphatic heterocycles. The molecule has 0 radical (unpaired) electrons. The Balaban J connectivity index is 1.87. The van der Waals surface area contributed by atoms with Crippen molar-refractivity contribution in [1.82, 2.24) is 9.97 Å². The summed E-state index contributed by atoms with van der Waals surface area (Å²) in [6, 6.07) is 8.03. The van der Waals surface area contributed by atoms with Crippen LogP contribution in [0.1, 0.15) is 36.3 Å². The number of benzene rings is 1. The van der Waals surface area contributed by atoms with Gasteiger partial charge in [0.2, 0.25) is 0 Å². The molecule has 0 unspecified atom stereocenters. The summed E-state index contributed by atoms with van der Waals surface area (Å²) in [5.41, 5.74) is 3.91. The largest absolute Gasteiger partial charge is 0.378 e. The second kappa shape index (κ2) is 7.91. The number of fused-ring (bicyclic) bond motifs is 1. The SMILES string of the molecule is C=CCSc1nc2c(c(=O)[nH]1)[C@@H](c1ccc(N(C)C)cc1)C1=C(CCCC1=O)N2. The summed E-state index contributed by atoms with van der Waals surface area (Å²) >= 11 is 1.43. The smallest absolute Gasteiger partial charge is 0.257 e. The number of H-pyrrole nitrogens is 1. The van der Waals surface area contributed by atoms with Crippen LogP contribution in [0, 0.1) is 0 Å². The third-order valence-corrected chi connectivity index (χ3v) is 6.19. The standard InChI is InChI=1S/C22H24N4O2S/c1-4-12-29-22-24-20-19(21(28)25-22)17(13-8-10-14(11-9-13)26(2)3)18-15(23-20)6-5-7-16(18)27/h4,8-11,17H,1,5-7,12H2,2-3H3,(H2,23,24,25,28)/t17-/m0/s1. The number of rotatable bonds is 5. The van der Waals surface area contributed by atoms with Gasteiger partial charge in [0.05, 0.1) is 5.56 Å². The van der Waals surface area contributed by atoms with E-state index in [-0.39, 0.29) is 11.3 Å². The quantitative estimate of drug-likeness (QED) is 0.446. The Kier molecular flexibility index (Phi) is 5.32. The zero-order valence-corrected chi connectivity index (χ0v) is 17.4. The number of thioether (sulfide) groups is 1. The molecule has 2 aliphatic rings. The number of hydrogen-bond donors (Lipinski definition) is 2. The van der Waals surface area contributed by atoms with Crippen molar-refractivity contribution in [2.24, 2.45) is 0 Å². The summed E-state index contributed by atoms with van der Waals surface area (Å²) in [4.78, 5) is 35.5. The van der Waals surface area contributed by atoms with Crippen molar-refractivity contribution in [1.29, 1.82) is 0 Å². The highest BCUT2D eigenvalue weighted by Gasteiger charge is 2.37. The fraction of sp³-hybridized carbons (Fsp3) is 0.318. The first kappa shape index (κ1) is 19.5. The van der Waals surface area contributed by atoms with Crippen LogP contribution in [0.5, 0.6) is 0 Å². The van der Waals surface area contributed by atoms with Gasteiger partial charge in [0.25, 0.3) is 5.56 Å². The first-order chi connectivity index (χ1) is 14.0. The van der Waals surface area contributed by atoms with E-state index in [0.29, 0.717) is 34.3 Å². The van der Waals surface area contributed by atoms with Crippen molar-refractivity contribution in [3.8, 4) is 0 Å². The number of carbonyl (C=O) groups excluding carboxylic acids is 1. The molecule has 4 rings (SSSR count). The van der Waals surface area contributed by atoms with E-state index in [1.54, 1.807) is 6.08 Å². The number of nitrogens with zero attached hydrogens (tertiary/aromatic N) is 2. The Morgan fingerprint density at radius 3 is 2.69 bits per heavy atom. The second-order valence-corrected chi connectivity index (χ2v) is 8.45. The number of nitrogens with one attached hydrogen (secondary N) is 2. The Bertz CT molecular complexity index is 1050. The molecule has 0 fully saturated rings. The molecular formula is C22H24N4O2S. The summed E-state index contributed by atoms with van der Waals surface area (Å²) in [6.45, 7) is 3.71. The first-order valence-electron chi connectivity index (χ1n) is 9.68. The number of allylic oxidation sites excluding steroid dienone is 2. The molecule has 29 heavy (non-hydrogen) atoms. The molecule has 0 bridgehead atoms. The molecule has 1 aromatic carbocycles. The maximum Gasteiger partial charge on any atom is 0.257 e. The van der Waals surface area contributed by atoms with Crippen LogP contribution < -0.4 is 15.8 Å². The molecular weight excluding hydrogens is 384 g/mol. The molecule has 2 aromatic rings. The second-order valence-electron chi connectivity index (χ2n) is 7.45. The normalized spacial score (nSPS) is 18.0. The van der Waals surface area contributed by atoms with Crippen LogP contribution in [0.4, 0.5) is 11.5 Å². The van der Waals surface area contributed by atoms with Crippen LogP contribution in [0.25, 0.3) is 0 Å². The molecule has 2 heterocycles. The minimum atomic E-state index is -0.403. The number of Topliss-reactive ketones (excluding diaryl/α,β-unsaturated/α-hetero) is 1. The molecule has 0 saturated heterocycles. The van der Waals surface area contributed by atoms with E-state index < -0.39 is 5.92 Å². The molecule has 0 saturated carbocycles. The third kappa shape index (κ3) is 3.62. The Hall–Kier alpha value is -2.80. The summed E-state index contributed by atoms with van der Waals surface area (Å²) in [7, 11) is 3.97. The lowest BCUT2D eigenvalue weighted by atomic mass is 9.76. The van der Waals surface area contributed by atoms with E-state index in [9.17, 15) is 9.59 Å². The zero-order valence-electron chi connectivity index (χ0n) is 16.6. The van der Waals surface area contributed by atoms with Crippen molar-refractivity contribution >= 4 is 29.1 Å². The maximum atomic E-state index is 13.1. The first-order valence-corrected chi connectivity index (χ1v) is 10.7. The lowest BCUT2D eigenvalue weighted by Gasteiger charge is -2.33. The molecule has 0 amide bonds. The lowest BCUT2D eigenvalue weighted by Crippen LogP contribution is -2.32. The van der Waals surface area contributed by atoms with Crippen LogP contribution in [0.15, 0.2) is 58.1 Å². The minimum absolute atomic E-state index is 0.107. The van der Waals surface area contributed by atoms with Gasteiger partial charge < -0.3 is 15.2 Å². The van der Waals surface area contributed by atoms with Gasteiger partial charge >= 0.3 is 0 Å². The molecule has 150 valence electrons. The Morgan fingerprint density at radius 2 is 2.00 bits per heavy atom. The van der Waals surface area contributed by atoms with Crippen LogP contribution in [0.2, 0.25) is 0 Å². The number of anilines is 2. The predicted molar refractivity (Wildman–Crippen MR) is 118 cm³/mol. The highest BCUT2D eigenvalue weighted by Crippen LogP contribution is 2.43. The summed E-state index contributed by atoms with van der Waals surface area (Å²) < 4.78 is 0. The highest BCUT2D eigenvalue weighted by molar-refractivity contribution is 7.99. The van der Waals surface area contributed by atoms with Crippen LogP contribution in [-0.4, -0.2) is 35.6 Å². The van der Waals surface area contributed by atoms with E-state index >= 15 is 0 Å². The van der Waals surface area contributed by atoms with E-state index in [2.05, 4.69) is 21.9 Å². The number of carbonyl (C=O) groups is 1. The monoisotopic (exact) mass is 408 g/mol. The van der Waals surface area contributed by atoms with Gasteiger partial charge in [-0.05, 0) is 30.5 Å². The molecule has 2 N–H and O–H groups in total. The number of hydrogen-bond acceptors (Lipinski definition) is 6. The highest BCUT2D eigenvalue weighted by atomic mass is 32.2. The van der Waals surface area contributed by atoms with Crippen molar-refractivity contribution in [3.05, 3.63) is 69.7 Å². The van der Waals surface area contributed by atoms with Gasteiger partial charge in [-0.2, -0.15) is 0 Å². The Morgan fingerprint density at radius 1 is 1.24 bits per heavy atom. The molecule has 1 atom stereocenters. The van der Waals surface area contributed by atoms with Crippen molar-refractivity contribution in [3.63, 3.8) is 0 Å². The van der Waals surface area contributed by atoms with E-state index in [1.807, 2.05) is 43.3 Å². The van der Waals surface area contributed by atoms with Gasteiger partial charge in [0.15, 0.2) is 10.9 Å². The van der Waals surface area contributed by atoms with Crippen LogP contribution >= 0.6 is 11.8 Å². The fourth-order valence-corrected chi connectivity index (χ4v) is 4.54. The minimum Gasteiger partial charge on any atom is -0.378 e. The van der Waals surface area contributed by atoms with Gasteiger partial charge in [0.1, 0.15) is 5.82 Å². The molecule has 6 nitrogen and oxygen atoms in total. The molecule has 0 spiro atoms. The average Bonchev–Trinajstić information content (AvgIpc) is 2.71. The molecule has 1 aliphatic carbocycles. The van der Waals surface area contributed by atoms with Gasteiger partial charge in [0, 0.05) is 49.1 Å². The van der Waals surface area contributed by atoms with E-state index in [4.69, 9.17) is 0 Å². The topological polar surface area (TPSA) is 78.1 Å². The van der Waals surface area contributed by atoms with Gasteiger partial charge in [-0.1, -0.05) is 30.0 Å². The van der Waals surface area contributed by atoms with Crippen molar-refractivity contribution < 1.29 is 4.79 Å². The fourth-order valence-electron chi connectivity index (χ4n) is 3.94. The predicted octanol–water partition coefficient (Wildman–Crippen LogP) is 3.68. The number of aromatic amines is 1. The van der Waals surface area contributed by atoms with Crippen LogP contribution in [-0.2, 0) is 4.79 Å². The van der Waals surface area contributed by atoms with Gasteiger partial charge in [-0.25, -0.2) is 4.98 Å². The average molecular weight is 409 g/mol. The van der Waals surface area contributed by atoms with Crippen LogP contribution in [0.3, 0.4) is 0 Å². The van der Waals surface area contributed by atoms with Gasteiger partial charge in [-0.3, -0.25) is 9.59 Å². The van der Waals surface area contributed by atoms with E-state index in [1.165, 1.54) is 11.8 Å². The lowest BCUT2D eigenvalue weighted by molar-refractivity contribution is -0.116. The number of ketones is 1. The zero-order chi connectivity index (χ0) is 20.5. The van der Waals surface area contributed by atoms with Crippen molar-refractivity contribution in [2.75, 3.05) is 30.1 Å². The van der Waals surface area contributed by atoms with Crippen molar-refractivity contribution in [2.45, 2.75) is 30.3 Å². The summed E-state index contributed by atoms with van der Waals surface area (Å²) in [5, 5.41) is 3.85. The Labute approximate surface area is 174 Å². The van der Waals surface area contributed by atoms with E-state index in [0.717, 1.165) is 29.8 Å².